The summed E-state index contributed by atoms with van der Waals surface area (Å²) in [7, 11) is 0. The fraction of sp³-hybridized carbons (Fsp3) is 0.0667. The second kappa shape index (κ2) is 5.76. The van der Waals surface area contributed by atoms with Crippen LogP contribution >= 0.6 is 23.2 Å². The van der Waals surface area contributed by atoms with Crippen molar-refractivity contribution >= 4 is 40.1 Å². The van der Waals surface area contributed by atoms with Crippen molar-refractivity contribution in [2.75, 3.05) is 0 Å². The first-order valence-electron chi connectivity index (χ1n) is 6.31. The predicted octanol–water partition coefficient (Wildman–Crippen LogP) is 3.80. The number of benzene rings is 2. The van der Waals surface area contributed by atoms with E-state index in [4.69, 9.17) is 23.2 Å². The van der Waals surface area contributed by atoms with Gasteiger partial charge in [0, 0.05) is 0 Å². The van der Waals surface area contributed by atoms with E-state index >= 15 is 0 Å². The fourth-order valence-electron chi connectivity index (χ4n) is 2.03. The number of carbonyl (C=O) groups is 1. The molecule has 0 saturated heterocycles. The molecule has 0 fully saturated rings. The summed E-state index contributed by atoms with van der Waals surface area (Å²) in [6, 6.07) is 12.6. The summed E-state index contributed by atoms with van der Waals surface area (Å²) < 4.78 is 0. The van der Waals surface area contributed by atoms with E-state index < -0.39 is 0 Å². The number of carbonyl (C=O) groups excluding carboxylic acids is 1. The van der Waals surface area contributed by atoms with Gasteiger partial charge in [0.25, 0.3) is 5.91 Å². The molecule has 106 valence electrons. The Morgan fingerprint density at radius 2 is 1.95 bits per heavy atom. The number of fused-ring (bicyclic) bond motifs is 1. The summed E-state index contributed by atoms with van der Waals surface area (Å²) in [5, 5.41) is 3.37. The average molecular weight is 320 g/mol. The number of aromatic nitrogens is 2. The highest BCUT2D eigenvalue weighted by molar-refractivity contribution is 6.43. The molecule has 1 amide bonds. The van der Waals surface area contributed by atoms with Crippen molar-refractivity contribution in [3.05, 3.63) is 63.9 Å². The lowest BCUT2D eigenvalue weighted by Gasteiger charge is -2.06. The van der Waals surface area contributed by atoms with Gasteiger partial charge >= 0.3 is 0 Å². The molecule has 0 saturated carbocycles. The zero-order valence-electron chi connectivity index (χ0n) is 10.9. The van der Waals surface area contributed by atoms with Gasteiger partial charge in [-0.2, -0.15) is 0 Å². The molecule has 0 aliphatic rings. The number of rotatable bonds is 3. The van der Waals surface area contributed by atoms with Crippen LogP contribution < -0.4 is 5.32 Å². The van der Waals surface area contributed by atoms with Gasteiger partial charge in [0.2, 0.25) is 0 Å². The number of H-pyrrole nitrogens is 1. The zero-order chi connectivity index (χ0) is 14.8. The number of hydrogen-bond donors (Lipinski definition) is 2. The van der Waals surface area contributed by atoms with Crippen LogP contribution in [0.4, 0.5) is 0 Å². The van der Waals surface area contributed by atoms with Crippen LogP contribution in [0.1, 0.15) is 16.2 Å². The summed E-state index contributed by atoms with van der Waals surface area (Å²) in [6.07, 6.45) is 0. The van der Waals surface area contributed by atoms with Crippen LogP contribution in [0.25, 0.3) is 11.0 Å². The number of imidazole rings is 1. The van der Waals surface area contributed by atoms with Gasteiger partial charge in [-0.05, 0) is 24.3 Å². The van der Waals surface area contributed by atoms with Gasteiger partial charge in [-0.3, -0.25) is 4.79 Å². The average Bonchev–Trinajstić information content (AvgIpc) is 2.90. The normalized spacial score (nSPS) is 10.8. The lowest BCUT2D eigenvalue weighted by atomic mass is 10.2. The molecule has 1 heterocycles. The van der Waals surface area contributed by atoms with E-state index in [9.17, 15) is 4.79 Å². The van der Waals surface area contributed by atoms with E-state index in [2.05, 4.69) is 15.3 Å². The van der Waals surface area contributed by atoms with Crippen LogP contribution in [-0.2, 0) is 6.54 Å². The van der Waals surface area contributed by atoms with E-state index in [1.807, 2.05) is 24.3 Å². The highest BCUT2D eigenvalue weighted by Crippen LogP contribution is 2.25. The lowest BCUT2D eigenvalue weighted by Crippen LogP contribution is -2.23. The number of nitrogens with zero attached hydrogens (tertiary/aromatic N) is 1. The van der Waals surface area contributed by atoms with Crippen molar-refractivity contribution in [1.82, 2.24) is 15.3 Å². The molecule has 0 atom stereocenters. The van der Waals surface area contributed by atoms with Crippen LogP contribution in [-0.4, -0.2) is 15.9 Å². The van der Waals surface area contributed by atoms with Gasteiger partial charge in [0.15, 0.2) is 0 Å². The molecule has 1 aromatic heterocycles. The van der Waals surface area contributed by atoms with E-state index in [0.29, 0.717) is 16.4 Å². The molecular formula is C15H11Cl2N3O. The van der Waals surface area contributed by atoms with Crippen LogP contribution in [0.2, 0.25) is 10.0 Å². The third kappa shape index (κ3) is 2.86. The standard InChI is InChI=1S/C15H11Cl2N3O/c16-10-5-3-4-9(14(10)17)15(21)18-8-13-19-11-6-1-2-7-12(11)20-13/h1-7H,8H2,(H,18,21)(H,19,20). The Balaban J connectivity index is 1.75. The van der Waals surface area contributed by atoms with Crippen molar-refractivity contribution < 1.29 is 4.79 Å². The molecule has 0 spiro atoms. The Bertz CT molecular complexity index is 781. The first kappa shape index (κ1) is 13.9. The Morgan fingerprint density at radius 1 is 1.14 bits per heavy atom. The van der Waals surface area contributed by atoms with Crippen molar-refractivity contribution in [3.63, 3.8) is 0 Å². The summed E-state index contributed by atoms with van der Waals surface area (Å²) in [5.74, 6) is 0.394. The number of nitrogens with one attached hydrogen (secondary N) is 2. The first-order valence-corrected chi connectivity index (χ1v) is 7.06. The highest BCUT2D eigenvalue weighted by Gasteiger charge is 2.12. The summed E-state index contributed by atoms with van der Waals surface area (Å²) in [6.45, 7) is 0.288. The van der Waals surface area contributed by atoms with Crippen molar-refractivity contribution in [1.29, 1.82) is 0 Å². The maximum Gasteiger partial charge on any atom is 0.253 e. The number of halogens is 2. The molecule has 3 aromatic rings. The minimum absolute atomic E-state index is 0.251. The monoisotopic (exact) mass is 319 g/mol. The molecule has 0 radical (unpaired) electrons. The fourth-order valence-corrected chi connectivity index (χ4v) is 2.41. The second-order valence-corrected chi connectivity index (χ2v) is 5.27. The number of para-hydroxylation sites is 2. The van der Waals surface area contributed by atoms with E-state index in [1.165, 1.54) is 0 Å². The number of amides is 1. The molecule has 6 heteroatoms. The predicted molar refractivity (Wildman–Crippen MR) is 83.7 cm³/mol. The molecule has 2 aromatic carbocycles. The van der Waals surface area contributed by atoms with Crippen molar-refractivity contribution in [3.8, 4) is 0 Å². The van der Waals surface area contributed by atoms with Gasteiger partial charge in [0.05, 0.1) is 33.2 Å². The van der Waals surface area contributed by atoms with E-state index in [1.54, 1.807) is 18.2 Å². The van der Waals surface area contributed by atoms with Crippen molar-refractivity contribution in [2.24, 2.45) is 0 Å². The van der Waals surface area contributed by atoms with Crippen molar-refractivity contribution in [2.45, 2.75) is 6.54 Å². The molecule has 3 rings (SSSR count). The Kier molecular flexibility index (Phi) is 3.82. The largest absolute Gasteiger partial charge is 0.345 e. The smallest absolute Gasteiger partial charge is 0.253 e. The number of aromatic amines is 1. The quantitative estimate of drug-likeness (QED) is 0.771. The molecular weight excluding hydrogens is 309 g/mol. The van der Waals surface area contributed by atoms with Gasteiger partial charge in [-0.1, -0.05) is 41.4 Å². The summed E-state index contributed by atoms with van der Waals surface area (Å²) in [4.78, 5) is 19.6. The molecule has 0 bridgehead atoms. The first-order chi connectivity index (χ1) is 10.1. The summed E-state index contributed by atoms with van der Waals surface area (Å²) >= 11 is 11.9. The zero-order valence-corrected chi connectivity index (χ0v) is 12.4. The van der Waals surface area contributed by atoms with E-state index in [0.717, 1.165) is 11.0 Å². The van der Waals surface area contributed by atoms with Crippen LogP contribution in [0.5, 0.6) is 0 Å². The third-order valence-corrected chi connectivity index (χ3v) is 3.87. The van der Waals surface area contributed by atoms with Crippen LogP contribution in [0, 0.1) is 0 Å². The Labute approximate surface area is 131 Å². The molecule has 21 heavy (non-hydrogen) atoms. The lowest BCUT2D eigenvalue weighted by molar-refractivity contribution is 0.0950. The molecule has 0 unspecified atom stereocenters. The van der Waals surface area contributed by atoms with Gasteiger partial charge < -0.3 is 10.3 Å². The SMILES string of the molecule is O=C(NCc1nc2ccccc2[nH]1)c1cccc(Cl)c1Cl. The summed E-state index contributed by atoms with van der Waals surface area (Å²) in [5.41, 5.74) is 2.14. The van der Waals surface area contributed by atoms with Gasteiger partial charge in [-0.25, -0.2) is 4.98 Å². The minimum Gasteiger partial charge on any atom is -0.345 e. The van der Waals surface area contributed by atoms with E-state index in [-0.39, 0.29) is 17.5 Å². The van der Waals surface area contributed by atoms with Gasteiger partial charge in [-0.15, -0.1) is 0 Å². The highest BCUT2D eigenvalue weighted by atomic mass is 35.5. The molecule has 4 nitrogen and oxygen atoms in total. The molecule has 2 N–H and O–H groups in total. The van der Waals surface area contributed by atoms with Crippen LogP contribution in [0.15, 0.2) is 42.5 Å². The maximum atomic E-state index is 12.1. The van der Waals surface area contributed by atoms with Gasteiger partial charge in [0.1, 0.15) is 5.82 Å². The van der Waals surface area contributed by atoms with Crippen LogP contribution in [0.3, 0.4) is 0 Å². The molecule has 0 aliphatic heterocycles. The third-order valence-electron chi connectivity index (χ3n) is 3.05. The number of hydrogen-bond acceptors (Lipinski definition) is 2. The molecule has 0 aliphatic carbocycles. The maximum absolute atomic E-state index is 12.1. The Morgan fingerprint density at radius 3 is 2.76 bits per heavy atom. The Hall–Kier alpha value is -2.04. The minimum atomic E-state index is -0.289. The topological polar surface area (TPSA) is 57.8 Å². The second-order valence-electron chi connectivity index (χ2n) is 4.48.